The lowest BCUT2D eigenvalue weighted by Gasteiger charge is -2.07. The summed E-state index contributed by atoms with van der Waals surface area (Å²) in [6, 6.07) is -0.144. The van der Waals surface area contributed by atoms with Gasteiger partial charge in [0.05, 0.1) is 0 Å². The molecule has 1 aliphatic rings. The summed E-state index contributed by atoms with van der Waals surface area (Å²) < 4.78 is 0. The van der Waals surface area contributed by atoms with Gasteiger partial charge in [-0.2, -0.15) is 0 Å². The molecule has 4 nitrogen and oxygen atoms in total. The minimum absolute atomic E-state index is 0.0949. The van der Waals surface area contributed by atoms with Crippen LogP contribution in [0, 0.1) is 0 Å². The first-order valence-electron chi connectivity index (χ1n) is 2.97. The normalized spacial score (nSPS) is 27.6. The molecule has 0 aromatic rings. The summed E-state index contributed by atoms with van der Waals surface area (Å²) in [6.07, 6.45) is 0.825. The molecular weight excluding hydrogens is 118 g/mol. The Morgan fingerprint density at radius 1 is 1.89 bits per heavy atom. The third-order valence-electron chi connectivity index (χ3n) is 1.63. The summed E-state index contributed by atoms with van der Waals surface area (Å²) in [5, 5.41) is 0. The van der Waals surface area contributed by atoms with E-state index in [1.165, 1.54) is 0 Å². The molecule has 52 valence electrons. The van der Waals surface area contributed by atoms with Gasteiger partial charge in [-0.05, 0) is 6.42 Å². The summed E-state index contributed by atoms with van der Waals surface area (Å²) in [6.45, 7) is 0.813. The number of amides is 1. The molecule has 0 aromatic heterocycles. The number of hydrazine groups is 1. The van der Waals surface area contributed by atoms with Crippen molar-refractivity contribution in [2.75, 3.05) is 13.6 Å². The maximum absolute atomic E-state index is 10.9. The van der Waals surface area contributed by atoms with E-state index in [0.717, 1.165) is 13.0 Å². The van der Waals surface area contributed by atoms with E-state index in [0.29, 0.717) is 0 Å². The molecule has 0 radical (unpaired) electrons. The van der Waals surface area contributed by atoms with Gasteiger partial charge in [0.15, 0.2) is 0 Å². The largest absolute Gasteiger partial charge is 0.344 e. The first-order chi connectivity index (χ1) is 4.25. The van der Waals surface area contributed by atoms with Gasteiger partial charge in [-0.25, -0.2) is 5.43 Å². The van der Waals surface area contributed by atoms with Gasteiger partial charge >= 0.3 is 0 Å². The van der Waals surface area contributed by atoms with Crippen molar-refractivity contribution < 1.29 is 4.79 Å². The van der Waals surface area contributed by atoms with Crippen LogP contribution in [0.25, 0.3) is 0 Å². The van der Waals surface area contributed by atoms with Crippen molar-refractivity contribution in [2.45, 2.75) is 12.5 Å². The Morgan fingerprint density at radius 3 is 2.78 bits per heavy atom. The summed E-state index contributed by atoms with van der Waals surface area (Å²) in [4.78, 5) is 12.6. The first-order valence-corrected chi connectivity index (χ1v) is 2.97. The molecular formula is C5H11N3O. The van der Waals surface area contributed by atoms with Crippen LogP contribution >= 0.6 is 0 Å². The summed E-state index contributed by atoms with van der Waals surface area (Å²) in [5.41, 5.74) is 2.45. The minimum atomic E-state index is -0.144. The van der Waals surface area contributed by atoms with Crippen LogP contribution in [0.2, 0.25) is 0 Å². The summed E-state index contributed by atoms with van der Waals surface area (Å²) in [7, 11) is 1.78. The number of rotatable bonds is 1. The monoisotopic (exact) mass is 129 g/mol. The van der Waals surface area contributed by atoms with Crippen LogP contribution in [-0.4, -0.2) is 30.4 Å². The van der Waals surface area contributed by atoms with E-state index < -0.39 is 0 Å². The predicted molar refractivity (Wildman–Crippen MR) is 33.4 cm³/mol. The third-order valence-corrected chi connectivity index (χ3v) is 1.63. The van der Waals surface area contributed by atoms with Crippen LogP contribution in [-0.2, 0) is 4.79 Å². The SMILES string of the molecule is CN1CCC(NN)C1=O. The number of hydrogen-bond donors (Lipinski definition) is 2. The Hall–Kier alpha value is -0.610. The second-order valence-corrected chi connectivity index (χ2v) is 2.27. The van der Waals surface area contributed by atoms with E-state index in [1.54, 1.807) is 11.9 Å². The molecule has 1 fully saturated rings. The summed E-state index contributed by atoms with van der Waals surface area (Å²) in [5.74, 6) is 5.18. The van der Waals surface area contributed by atoms with Crippen molar-refractivity contribution in [2.24, 2.45) is 5.84 Å². The zero-order valence-electron chi connectivity index (χ0n) is 5.42. The van der Waals surface area contributed by atoms with Crippen LogP contribution in [0.4, 0.5) is 0 Å². The topological polar surface area (TPSA) is 58.4 Å². The number of nitrogens with one attached hydrogen (secondary N) is 1. The highest BCUT2D eigenvalue weighted by molar-refractivity contribution is 5.83. The molecule has 1 rings (SSSR count). The highest BCUT2D eigenvalue weighted by Gasteiger charge is 2.27. The van der Waals surface area contributed by atoms with Gasteiger partial charge in [0, 0.05) is 13.6 Å². The van der Waals surface area contributed by atoms with Gasteiger partial charge in [0.2, 0.25) is 5.91 Å². The number of likely N-dealkylation sites (N-methyl/N-ethyl adjacent to an activating group) is 1. The number of carbonyl (C=O) groups is 1. The van der Waals surface area contributed by atoms with Gasteiger partial charge in [0.1, 0.15) is 6.04 Å². The van der Waals surface area contributed by atoms with Crippen molar-refractivity contribution >= 4 is 5.91 Å². The van der Waals surface area contributed by atoms with Crippen molar-refractivity contribution in [3.63, 3.8) is 0 Å². The predicted octanol–water partition coefficient (Wildman–Crippen LogP) is -1.32. The molecule has 4 heteroatoms. The second kappa shape index (κ2) is 2.33. The highest BCUT2D eigenvalue weighted by atomic mass is 16.2. The maximum Gasteiger partial charge on any atom is 0.240 e. The van der Waals surface area contributed by atoms with Crippen LogP contribution in [0.5, 0.6) is 0 Å². The lowest BCUT2D eigenvalue weighted by atomic mass is 10.3. The minimum Gasteiger partial charge on any atom is -0.344 e. The zero-order valence-corrected chi connectivity index (χ0v) is 5.42. The van der Waals surface area contributed by atoms with Crippen molar-refractivity contribution in [1.82, 2.24) is 10.3 Å². The second-order valence-electron chi connectivity index (χ2n) is 2.27. The van der Waals surface area contributed by atoms with E-state index in [2.05, 4.69) is 5.43 Å². The molecule has 0 bridgehead atoms. The molecule has 0 spiro atoms. The molecule has 1 atom stereocenters. The van der Waals surface area contributed by atoms with E-state index in [-0.39, 0.29) is 11.9 Å². The molecule has 1 saturated heterocycles. The van der Waals surface area contributed by atoms with Crippen LogP contribution < -0.4 is 11.3 Å². The zero-order chi connectivity index (χ0) is 6.85. The Labute approximate surface area is 54.0 Å². The smallest absolute Gasteiger partial charge is 0.240 e. The number of carbonyl (C=O) groups excluding carboxylic acids is 1. The fraction of sp³-hybridized carbons (Fsp3) is 0.800. The van der Waals surface area contributed by atoms with E-state index >= 15 is 0 Å². The van der Waals surface area contributed by atoms with Crippen LogP contribution in [0.1, 0.15) is 6.42 Å². The Kier molecular flexibility index (Phi) is 1.68. The van der Waals surface area contributed by atoms with Crippen molar-refractivity contribution in [3.05, 3.63) is 0 Å². The molecule has 0 aliphatic carbocycles. The quantitative estimate of drug-likeness (QED) is 0.341. The lowest BCUT2D eigenvalue weighted by molar-refractivity contribution is -0.128. The molecule has 0 saturated carbocycles. The standard InChI is InChI=1S/C5H11N3O/c1-8-3-2-4(7-6)5(8)9/h4,7H,2-3,6H2,1H3. The lowest BCUT2D eigenvalue weighted by Crippen LogP contribution is -2.40. The maximum atomic E-state index is 10.9. The van der Waals surface area contributed by atoms with E-state index in [9.17, 15) is 4.79 Å². The number of nitrogens with zero attached hydrogens (tertiary/aromatic N) is 1. The average molecular weight is 129 g/mol. The molecule has 1 aliphatic heterocycles. The van der Waals surface area contributed by atoms with Gasteiger partial charge < -0.3 is 4.90 Å². The van der Waals surface area contributed by atoms with Crippen LogP contribution in [0.3, 0.4) is 0 Å². The van der Waals surface area contributed by atoms with Gasteiger partial charge in [-0.3, -0.25) is 10.6 Å². The van der Waals surface area contributed by atoms with Crippen LogP contribution in [0.15, 0.2) is 0 Å². The van der Waals surface area contributed by atoms with E-state index in [4.69, 9.17) is 5.84 Å². The number of likely N-dealkylation sites (tertiary alicyclic amines) is 1. The van der Waals surface area contributed by atoms with Gasteiger partial charge in [0.25, 0.3) is 0 Å². The first kappa shape index (κ1) is 6.51. The highest BCUT2D eigenvalue weighted by Crippen LogP contribution is 2.06. The molecule has 0 aromatic carbocycles. The Morgan fingerprint density at radius 2 is 2.56 bits per heavy atom. The third kappa shape index (κ3) is 1.04. The van der Waals surface area contributed by atoms with Gasteiger partial charge in [-0.15, -0.1) is 0 Å². The van der Waals surface area contributed by atoms with Gasteiger partial charge in [-0.1, -0.05) is 0 Å². The Bertz CT molecular complexity index is 125. The fourth-order valence-corrected chi connectivity index (χ4v) is 0.977. The van der Waals surface area contributed by atoms with Crippen molar-refractivity contribution in [1.29, 1.82) is 0 Å². The number of hydrogen-bond acceptors (Lipinski definition) is 3. The fourth-order valence-electron chi connectivity index (χ4n) is 0.977. The van der Waals surface area contributed by atoms with E-state index in [1.807, 2.05) is 0 Å². The molecule has 9 heavy (non-hydrogen) atoms. The molecule has 3 N–H and O–H groups in total. The molecule has 1 amide bonds. The summed E-state index contributed by atoms with van der Waals surface area (Å²) >= 11 is 0. The Balaban J connectivity index is 2.51. The van der Waals surface area contributed by atoms with Crippen molar-refractivity contribution in [3.8, 4) is 0 Å². The number of nitrogens with two attached hydrogens (primary N) is 1. The molecule has 1 unspecified atom stereocenters. The average Bonchev–Trinajstić information content (AvgIpc) is 2.15. The molecule has 1 heterocycles.